The molecule has 7 heteroatoms. The summed E-state index contributed by atoms with van der Waals surface area (Å²) < 4.78 is 9.04. The molecule has 0 atom stereocenters. The van der Waals surface area contributed by atoms with E-state index in [1.165, 1.54) is 21.9 Å². The number of benzene rings is 1. The quantitative estimate of drug-likeness (QED) is 0.607. The van der Waals surface area contributed by atoms with Crippen molar-refractivity contribution in [3.63, 3.8) is 0 Å². The van der Waals surface area contributed by atoms with Gasteiger partial charge in [0.05, 0.1) is 13.2 Å². The lowest BCUT2D eigenvalue weighted by molar-refractivity contribution is -0.141. The SMILES string of the molecule is CCOC(=O)CNSc1ccc(CSC2=NCCS2)cc1. The van der Waals surface area contributed by atoms with Crippen LogP contribution in [0.3, 0.4) is 0 Å². The van der Waals surface area contributed by atoms with Crippen LogP contribution in [0.25, 0.3) is 0 Å². The number of carbonyl (C=O) groups excluding carboxylic acids is 1. The van der Waals surface area contributed by atoms with Gasteiger partial charge in [-0.2, -0.15) is 0 Å². The van der Waals surface area contributed by atoms with Gasteiger partial charge in [-0.15, -0.1) is 0 Å². The molecule has 1 N–H and O–H groups in total. The van der Waals surface area contributed by atoms with Crippen molar-refractivity contribution in [2.45, 2.75) is 17.6 Å². The van der Waals surface area contributed by atoms with Gasteiger partial charge in [0.25, 0.3) is 0 Å². The first kappa shape index (κ1) is 16.7. The second-order valence-electron chi connectivity index (χ2n) is 4.16. The van der Waals surface area contributed by atoms with E-state index < -0.39 is 0 Å². The standard InChI is InChI=1S/C14H18N2O2S3/c1-2-18-13(17)9-16-21-12-5-3-11(4-6-12)10-20-14-15-7-8-19-14/h3-6,16H,2,7-10H2,1H3. The third-order valence-corrected chi connectivity index (χ3v) is 5.68. The van der Waals surface area contributed by atoms with Crippen LogP contribution in [0.5, 0.6) is 0 Å². The molecule has 1 aromatic rings. The number of aliphatic imine (C=N–C) groups is 1. The summed E-state index contributed by atoms with van der Waals surface area (Å²) in [6, 6.07) is 8.34. The molecule has 1 aliphatic heterocycles. The first-order chi connectivity index (χ1) is 10.3. The van der Waals surface area contributed by atoms with E-state index >= 15 is 0 Å². The van der Waals surface area contributed by atoms with E-state index in [2.05, 4.69) is 34.0 Å². The second-order valence-corrected chi connectivity index (χ2v) is 7.43. The van der Waals surface area contributed by atoms with Crippen LogP contribution in [-0.2, 0) is 15.3 Å². The topological polar surface area (TPSA) is 50.7 Å². The molecule has 1 aliphatic rings. The van der Waals surface area contributed by atoms with Crippen LogP contribution in [-0.4, -0.2) is 35.8 Å². The van der Waals surface area contributed by atoms with Gasteiger partial charge in [0, 0.05) is 16.4 Å². The average molecular weight is 343 g/mol. The molecule has 0 aromatic heterocycles. The lowest BCUT2D eigenvalue weighted by Crippen LogP contribution is -2.19. The summed E-state index contributed by atoms with van der Waals surface area (Å²) in [5.74, 6) is 1.84. The molecule has 1 heterocycles. The maximum atomic E-state index is 11.2. The van der Waals surface area contributed by atoms with Crippen molar-refractivity contribution in [3.05, 3.63) is 29.8 Å². The van der Waals surface area contributed by atoms with Gasteiger partial charge in [-0.3, -0.25) is 9.79 Å². The Morgan fingerprint density at radius 3 is 2.90 bits per heavy atom. The van der Waals surface area contributed by atoms with Gasteiger partial charge in [0.2, 0.25) is 0 Å². The first-order valence-electron chi connectivity index (χ1n) is 6.72. The van der Waals surface area contributed by atoms with Crippen molar-refractivity contribution >= 4 is 45.8 Å². The van der Waals surface area contributed by atoms with Gasteiger partial charge in [-0.05, 0) is 36.6 Å². The number of nitrogens with one attached hydrogen (secondary N) is 1. The second kappa shape index (κ2) is 9.40. The molecule has 114 valence electrons. The van der Waals surface area contributed by atoms with Crippen molar-refractivity contribution in [1.29, 1.82) is 0 Å². The van der Waals surface area contributed by atoms with Gasteiger partial charge < -0.3 is 4.74 Å². The Bertz CT molecular complexity index is 491. The zero-order valence-corrected chi connectivity index (χ0v) is 14.3. The average Bonchev–Trinajstić information content (AvgIpc) is 3.00. The van der Waals surface area contributed by atoms with Gasteiger partial charge in [0.15, 0.2) is 0 Å². The van der Waals surface area contributed by atoms with E-state index in [9.17, 15) is 4.79 Å². The number of hydrogen-bond donors (Lipinski definition) is 1. The fourth-order valence-corrected chi connectivity index (χ4v) is 4.19. The normalized spacial score (nSPS) is 14.0. The largest absolute Gasteiger partial charge is 0.465 e. The maximum Gasteiger partial charge on any atom is 0.320 e. The Balaban J connectivity index is 1.70. The highest BCUT2D eigenvalue weighted by Crippen LogP contribution is 2.26. The van der Waals surface area contributed by atoms with Crippen molar-refractivity contribution in [3.8, 4) is 0 Å². The Labute approximate surface area is 138 Å². The van der Waals surface area contributed by atoms with Gasteiger partial charge in [0.1, 0.15) is 10.9 Å². The predicted molar refractivity (Wildman–Crippen MR) is 93.0 cm³/mol. The molecule has 0 saturated carbocycles. The third-order valence-electron chi connectivity index (χ3n) is 2.56. The number of ether oxygens (including phenoxy) is 1. The molecular formula is C14H18N2O2S3. The number of nitrogens with zero attached hydrogens (tertiary/aromatic N) is 1. The van der Waals surface area contributed by atoms with Gasteiger partial charge in [-0.25, -0.2) is 4.72 Å². The Morgan fingerprint density at radius 1 is 1.43 bits per heavy atom. The minimum absolute atomic E-state index is 0.215. The van der Waals surface area contributed by atoms with E-state index in [-0.39, 0.29) is 12.5 Å². The highest BCUT2D eigenvalue weighted by Gasteiger charge is 2.07. The summed E-state index contributed by atoms with van der Waals surface area (Å²) in [4.78, 5) is 16.7. The molecule has 0 radical (unpaired) electrons. The molecular weight excluding hydrogens is 324 g/mol. The number of carbonyl (C=O) groups is 1. The van der Waals surface area contributed by atoms with E-state index in [1.807, 2.05) is 11.8 Å². The van der Waals surface area contributed by atoms with Crippen molar-refractivity contribution in [2.24, 2.45) is 4.99 Å². The molecule has 0 amide bonds. The summed E-state index contributed by atoms with van der Waals surface area (Å²) in [5, 5.41) is 0. The molecule has 0 saturated heterocycles. The molecule has 21 heavy (non-hydrogen) atoms. The van der Waals surface area contributed by atoms with Crippen molar-refractivity contribution < 1.29 is 9.53 Å². The molecule has 2 rings (SSSR count). The number of esters is 1. The summed E-state index contributed by atoms with van der Waals surface area (Å²) in [5.41, 5.74) is 1.28. The first-order valence-corrected chi connectivity index (χ1v) is 9.51. The zero-order chi connectivity index (χ0) is 14.9. The molecule has 1 aromatic carbocycles. The highest BCUT2D eigenvalue weighted by molar-refractivity contribution is 8.38. The minimum Gasteiger partial charge on any atom is -0.465 e. The lowest BCUT2D eigenvalue weighted by atomic mass is 10.2. The van der Waals surface area contributed by atoms with Crippen LogP contribution in [0.4, 0.5) is 0 Å². The minimum atomic E-state index is -0.229. The number of hydrogen-bond acceptors (Lipinski definition) is 7. The molecule has 0 aliphatic carbocycles. The van der Waals surface area contributed by atoms with Crippen LogP contribution in [0, 0.1) is 0 Å². The smallest absolute Gasteiger partial charge is 0.320 e. The number of rotatable bonds is 7. The third kappa shape index (κ3) is 6.34. The van der Waals surface area contributed by atoms with Crippen LogP contribution >= 0.6 is 35.5 Å². The summed E-state index contributed by atoms with van der Waals surface area (Å²) >= 11 is 5.08. The van der Waals surface area contributed by atoms with Gasteiger partial charge in [-0.1, -0.05) is 35.7 Å². The fourth-order valence-electron chi connectivity index (χ4n) is 1.59. The van der Waals surface area contributed by atoms with Crippen molar-refractivity contribution in [1.82, 2.24) is 4.72 Å². The monoisotopic (exact) mass is 342 g/mol. The summed E-state index contributed by atoms with van der Waals surface area (Å²) in [7, 11) is 0. The van der Waals surface area contributed by atoms with Gasteiger partial charge >= 0.3 is 5.97 Å². The molecule has 0 fully saturated rings. The Morgan fingerprint density at radius 2 is 2.24 bits per heavy atom. The van der Waals surface area contributed by atoms with Crippen LogP contribution < -0.4 is 4.72 Å². The van der Waals surface area contributed by atoms with Crippen LogP contribution in [0.2, 0.25) is 0 Å². The highest BCUT2D eigenvalue weighted by atomic mass is 32.2. The fraction of sp³-hybridized carbons (Fsp3) is 0.429. The maximum absolute atomic E-state index is 11.2. The van der Waals surface area contributed by atoms with E-state index in [0.29, 0.717) is 6.61 Å². The number of thioether (sulfide) groups is 2. The van der Waals surface area contributed by atoms with Crippen molar-refractivity contribution in [2.75, 3.05) is 25.4 Å². The molecule has 0 bridgehead atoms. The summed E-state index contributed by atoms with van der Waals surface area (Å²) in [6.45, 7) is 3.39. The predicted octanol–water partition coefficient (Wildman–Crippen LogP) is 3.18. The van der Waals surface area contributed by atoms with E-state index in [0.717, 1.165) is 22.9 Å². The Hall–Kier alpha value is -0.630. The molecule has 0 spiro atoms. The van der Waals surface area contributed by atoms with E-state index in [4.69, 9.17) is 4.74 Å². The Kier molecular flexibility index (Phi) is 7.49. The van der Waals surface area contributed by atoms with E-state index in [1.54, 1.807) is 18.7 Å². The zero-order valence-electron chi connectivity index (χ0n) is 11.8. The van der Waals surface area contributed by atoms with Crippen LogP contribution in [0.1, 0.15) is 12.5 Å². The van der Waals surface area contributed by atoms with Crippen LogP contribution in [0.15, 0.2) is 34.2 Å². The molecule has 4 nitrogen and oxygen atoms in total. The molecule has 0 unspecified atom stereocenters. The lowest BCUT2D eigenvalue weighted by Gasteiger charge is -2.05. The summed E-state index contributed by atoms with van der Waals surface area (Å²) in [6.07, 6.45) is 0.